The number of ether oxygens (including phenoxy) is 1. The molecule has 1 unspecified atom stereocenters. The van der Waals surface area contributed by atoms with Gasteiger partial charge in [0.25, 0.3) is 6.43 Å². The monoisotopic (exact) mass is 213 g/mol. The second kappa shape index (κ2) is 4.14. The van der Waals surface area contributed by atoms with Crippen molar-refractivity contribution in [1.82, 2.24) is 5.32 Å². The Morgan fingerprint density at radius 3 is 2.87 bits per heavy atom. The van der Waals surface area contributed by atoms with Gasteiger partial charge in [0, 0.05) is 12.0 Å². The molecule has 1 N–H and O–H groups in total. The van der Waals surface area contributed by atoms with Crippen LogP contribution in [0.3, 0.4) is 0 Å². The van der Waals surface area contributed by atoms with Crippen LogP contribution in [0.1, 0.15) is 17.2 Å². The Kier molecular flexibility index (Phi) is 2.86. The zero-order valence-electron chi connectivity index (χ0n) is 8.47. The smallest absolute Gasteiger partial charge is 0.257 e. The van der Waals surface area contributed by atoms with Crippen LogP contribution in [0.5, 0.6) is 5.75 Å². The van der Waals surface area contributed by atoms with E-state index in [0.29, 0.717) is 17.9 Å². The lowest BCUT2D eigenvalue weighted by molar-refractivity contribution is 0.101. The van der Waals surface area contributed by atoms with Gasteiger partial charge in [0.2, 0.25) is 0 Å². The third-order valence-electron chi connectivity index (χ3n) is 2.64. The summed E-state index contributed by atoms with van der Waals surface area (Å²) < 4.78 is 30.9. The largest absolute Gasteiger partial charge is 0.493 e. The molecule has 0 radical (unpaired) electrons. The van der Waals surface area contributed by atoms with Crippen LogP contribution >= 0.6 is 0 Å². The molecule has 0 saturated carbocycles. The van der Waals surface area contributed by atoms with E-state index in [9.17, 15) is 8.78 Å². The highest BCUT2D eigenvalue weighted by Gasteiger charge is 2.26. The lowest BCUT2D eigenvalue weighted by Gasteiger charge is -2.18. The Labute approximate surface area is 87.2 Å². The molecule has 0 aromatic heterocycles. The van der Waals surface area contributed by atoms with E-state index in [4.69, 9.17) is 4.74 Å². The van der Waals surface area contributed by atoms with Crippen molar-refractivity contribution < 1.29 is 13.5 Å². The first kappa shape index (κ1) is 10.4. The van der Waals surface area contributed by atoms with Gasteiger partial charge >= 0.3 is 0 Å². The first-order valence-electron chi connectivity index (χ1n) is 4.94. The van der Waals surface area contributed by atoms with Crippen LogP contribution in [0, 0.1) is 0 Å². The summed E-state index contributed by atoms with van der Waals surface area (Å²) in [4.78, 5) is 0. The van der Waals surface area contributed by atoms with E-state index in [1.54, 1.807) is 12.1 Å². The van der Waals surface area contributed by atoms with Crippen molar-refractivity contribution in [3.63, 3.8) is 0 Å². The highest BCUT2D eigenvalue weighted by Crippen LogP contribution is 2.35. The number of benzene rings is 1. The van der Waals surface area contributed by atoms with Gasteiger partial charge < -0.3 is 10.1 Å². The predicted molar refractivity (Wildman–Crippen MR) is 53.4 cm³/mol. The number of halogens is 2. The van der Waals surface area contributed by atoms with E-state index >= 15 is 0 Å². The van der Waals surface area contributed by atoms with Gasteiger partial charge in [-0.1, -0.05) is 18.2 Å². The fourth-order valence-corrected chi connectivity index (χ4v) is 1.90. The van der Waals surface area contributed by atoms with Gasteiger partial charge in [-0.15, -0.1) is 0 Å². The highest BCUT2D eigenvalue weighted by molar-refractivity contribution is 5.45. The molecule has 0 bridgehead atoms. The van der Waals surface area contributed by atoms with E-state index in [2.05, 4.69) is 5.32 Å². The molecule has 0 amide bonds. The highest BCUT2D eigenvalue weighted by atomic mass is 19.3. The molecule has 0 fully saturated rings. The first-order valence-corrected chi connectivity index (χ1v) is 4.94. The van der Waals surface area contributed by atoms with Crippen molar-refractivity contribution in [2.45, 2.75) is 18.9 Å². The average Bonchev–Trinajstić information content (AvgIpc) is 2.66. The summed E-state index contributed by atoms with van der Waals surface area (Å²) in [6.45, 7) is 0.589. The van der Waals surface area contributed by atoms with E-state index in [1.807, 2.05) is 6.07 Å². The SMILES string of the molecule is CNC(c1cccc2c1OCC2)C(F)F. The van der Waals surface area contributed by atoms with Crippen molar-refractivity contribution in [3.05, 3.63) is 29.3 Å². The molecule has 4 heteroatoms. The van der Waals surface area contributed by atoms with Crippen molar-refractivity contribution in [1.29, 1.82) is 0 Å². The molecule has 2 nitrogen and oxygen atoms in total. The fourth-order valence-electron chi connectivity index (χ4n) is 1.90. The van der Waals surface area contributed by atoms with Gasteiger partial charge in [-0.2, -0.15) is 0 Å². The summed E-state index contributed by atoms with van der Waals surface area (Å²) in [7, 11) is 1.53. The molecule has 1 heterocycles. The van der Waals surface area contributed by atoms with Gasteiger partial charge in [0.15, 0.2) is 0 Å². The zero-order chi connectivity index (χ0) is 10.8. The van der Waals surface area contributed by atoms with Crippen LogP contribution < -0.4 is 10.1 Å². The van der Waals surface area contributed by atoms with E-state index in [-0.39, 0.29) is 0 Å². The molecule has 0 saturated heterocycles. The number of rotatable bonds is 3. The zero-order valence-corrected chi connectivity index (χ0v) is 8.47. The topological polar surface area (TPSA) is 21.3 Å². The van der Waals surface area contributed by atoms with Crippen molar-refractivity contribution in [2.24, 2.45) is 0 Å². The number of fused-ring (bicyclic) bond motifs is 1. The summed E-state index contributed by atoms with van der Waals surface area (Å²) in [5.41, 5.74) is 1.58. The molecule has 1 aliphatic heterocycles. The molecule has 0 spiro atoms. The summed E-state index contributed by atoms with van der Waals surface area (Å²) in [6.07, 6.45) is -1.62. The number of nitrogens with one attached hydrogen (secondary N) is 1. The lowest BCUT2D eigenvalue weighted by Crippen LogP contribution is -2.24. The van der Waals surface area contributed by atoms with Crippen molar-refractivity contribution in [3.8, 4) is 5.75 Å². The van der Waals surface area contributed by atoms with Gasteiger partial charge in [-0.05, 0) is 12.6 Å². The molecule has 1 aromatic carbocycles. The summed E-state index contributed by atoms with van der Waals surface area (Å²) in [6, 6.07) is 4.47. The van der Waals surface area contributed by atoms with Crippen molar-refractivity contribution in [2.75, 3.05) is 13.7 Å². The minimum atomic E-state index is -2.43. The number of hydrogen-bond donors (Lipinski definition) is 1. The van der Waals surface area contributed by atoms with Crippen LogP contribution in [0.2, 0.25) is 0 Å². The summed E-state index contributed by atoms with van der Waals surface area (Å²) in [5.74, 6) is 0.636. The fraction of sp³-hybridized carbons (Fsp3) is 0.455. The third-order valence-corrected chi connectivity index (χ3v) is 2.64. The molecule has 2 rings (SSSR count). The number of alkyl halides is 2. The normalized spacial score (nSPS) is 16.3. The molecule has 1 atom stereocenters. The van der Waals surface area contributed by atoms with E-state index in [1.165, 1.54) is 7.05 Å². The molecular weight excluding hydrogens is 200 g/mol. The van der Waals surface area contributed by atoms with E-state index in [0.717, 1.165) is 12.0 Å². The minimum Gasteiger partial charge on any atom is -0.493 e. The predicted octanol–water partition coefficient (Wildman–Crippen LogP) is 2.15. The van der Waals surface area contributed by atoms with Gasteiger partial charge in [0.05, 0.1) is 12.6 Å². The van der Waals surface area contributed by atoms with Crippen LogP contribution in [-0.4, -0.2) is 20.1 Å². The Morgan fingerprint density at radius 1 is 1.40 bits per heavy atom. The first-order chi connectivity index (χ1) is 7.24. The minimum absolute atomic E-state index is 0.558. The van der Waals surface area contributed by atoms with Gasteiger partial charge in [-0.3, -0.25) is 0 Å². The van der Waals surface area contributed by atoms with Gasteiger partial charge in [-0.25, -0.2) is 8.78 Å². The quantitative estimate of drug-likeness (QED) is 0.830. The lowest BCUT2D eigenvalue weighted by atomic mass is 10.0. The Balaban J connectivity index is 2.39. The Hall–Kier alpha value is -1.16. The summed E-state index contributed by atoms with van der Waals surface area (Å²) >= 11 is 0. The van der Waals surface area contributed by atoms with Crippen LogP contribution in [0.4, 0.5) is 8.78 Å². The number of para-hydroxylation sites is 1. The molecule has 82 valence electrons. The molecule has 1 aliphatic rings. The maximum atomic E-state index is 12.7. The van der Waals surface area contributed by atoms with Crippen LogP contribution in [0.15, 0.2) is 18.2 Å². The van der Waals surface area contributed by atoms with E-state index < -0.39 is 12.5 Å². The Bertz CT molecular complexity index is 354. The van der Waals surface area contributed by atoms with Gasteiger partial charge in [0.1, 0.15) is 5.75 Å². The second-order valence-corrected chi connectivity index (χ2v) is 3.53. The molecule has 0 aliphatic carbocycles. The average molecular weight is 213 g/mol. The standard InChI is InChI=1S/C11H13F2NO/c1-14-9(11(12)13)8-4-2-3-7-5-6-15-10(7)8/h2-4,9,11,14H,5-6H2,1H3. The maximum Gasteiger partial charge on any atom is 0.257 e. The summed E-state index contributed by atoms with van der Waals surface area (Å²) in [5, 5.41) is 2.62. The number of hydrogen-bond acceptors (Lipinski definition) is 2. The third kappa shape index (κ3) is 1.81. The van der Waals surface area contributed by atoms with Crippen molar-refractivity contribution >= 4 is 0 Å². The van der Waals surface area contributed by atoms with Crippen LogP contribution in [-0.2, 0) is 6.42 Å². The molecular formula is C11H13F2NO. The maximum absolute atomic E-state index is 12.7. The van der Waals surface area contributed by atoms with Crippen LogP contribution in [0.25, 0.3) is 0 Å². The second-order valence-electron chi connectivity index (χ2n) is 3.53. The molecule has 15 heavy (non-hydrogen) atoms. The Morgan fingerprint density at radius 2 is 2.20 bits per heavy atom. The molecule has 1 aromatic rings.